The van der Waals surface area contributed by atoms with E-state index in [0.29, 0.717) is 6.04 Å². The van der Waals surface area contributed by atoms with Crippen LogP contribution in [0.5, 0.6) is 0 Å². The molecule has 0 aromatic carbocycles. The summed E-state index contributed by atoms with van der Waals surface area (Å²) >= 11 is 0. The molecule has 144 valence electrons. The van der Waals surface area contributed by atoms with Crippen molar-refractivity contribution in [2.45, 2.75) is 18.9 Å². The van der Waals surface area contributed by atoms with Gasteiger partial charge in [-0.1, -0.05) is 0 Å². The minimum Gasteiger partial charge on any atom is -0.356 e. The summed E-state index contributed by atoms with van der Waals surface area (Å²) in [5.74, 6) is 0.726. The second-order valence-electron chi connectivity index (χ2n) is 7.16. The number of fused-ring (bicyclic) bond motifs is 1. The van der Waals surface area contributed by atoms with Gasteiger partial charge in [0.25, 0.3) is 0 Å². The van der Waals surface area contributed by atoms with Gasteiger partial charge in [0.15, 0.2) is 5.65 Å². The van der Waals surface area contributed by atoms with E-state index in [0.717, 1.165) is 54.0 Å². The molecule has 1 atom stereocenters. The topological polar surface area (TPSA) is 75.9 Å². The number of carbonyl (C=O) groups is 1. The van der Waals surface area contributed by atoms with Crippen molar-refractivity contribution in [2.75, 3.05) is 27.2 Å². The minimum atomic E-state index is -0.146. The van der Waals surface area contributed by atoms with Crippen molar-refractivity contribution in [3.8, 4) is 11.4 Å². The fourth-order valence-electron chi connectivity index (χ4n) is 3.76. The standard InChI is InChI=1S/C21H24N6O/c1-22-19(28)8-7-15-11-16(13-23-12-15)20-25-18-6-3-9-24-21(18)27(20)17-5-4-10-26(2)14-17/h3,6-9,11-13,17H,4-5,10,14H2,1-2H3,(H,22,28)/b8-7+/t17-/m1/s1. The Bertz CT molecular complexity index is 1020. The molecule has 7 nitrogen and oxygen atoms in total. The number of nitrogens with zero attached hydrogens (tertiary/aromatic N) is 5. The van der Waals surface area contributed by atoms with Crippen LogP contribution in [0.2, 0.25) is 0 Å². The Labute approximate surface area is 164 Å². The van der Waals surface area contributed by atoms with Gasteiger partial charge < -0.3 is 14.8 Å². The fourth-order valence-corrected chi connectivity index (χ4v) is 3.76. The lowest BCUT2D eigenvalue weighted by Gasteiger charge is -2.31. The number of likely N-dealkylation sites (N-methyl/N-ethyl adjacent to an activating group) is 2. The van der Waals surface area contributed by atoms with Gasteiger partial charge in [0.2, 0.25) is 5.91 Å². The molecule has 0 bridgehead atoms. The number of imidazole rings is 1. The summed E-state index contributed by atoms with van der Waals surface area (Å²) in [5, 5.41) is 2.58. The molecule has 1 amide bonds. The summed E-state index contributed by atoms with van der Waals surface area (Å²) < 4.78 is 2.26. The van der Waals surface area contributed by atoms with E-state index in [1.165, 1.54) is 6.08 Å². The van der Waals surface area contributed by atoms with Gasteiger partial charge in [-0.15, -0.1) is 0 Å². The number of rotatable bonds is 4. The van der Waals surface area contributed by atoms with E-state index < -0.39 is 0 Å². The zero-order valence-electron chi connectivity index (χ0n) is 16.2. The highest BCUT2D eigenvalue weighted by Gasteiger charge is 2.25. The lowest BCUT2D eigenvalue weighted by atomic mass is 10.1. The average Bonchev–Trinajstić information content (AvgIpc) is 3.12. The largest absolute Gasteiger partial charge is 0.356 e. The lowest BCUT2D eigenvalue weighted by Crippen LogP contribution is -2.33. The summed E-state index contributed by atoms with van der Waals surface area (Å²) in [5.41, 5.74) is 3.57. The van der Waals surface area contributed by atoms with Crippen LogP contribution in [0.4, 0.5) is 0 Å². The minimum absolute atomic E-state index is 0.146. The third kappa shape index (κ3) is 3.66. The third-order valence-corrected chi connectivity index (χ3v) is 5.10. The van der Waals surface area contributed by atoms with Gasteiger partial charge in [-0.2, -0.15) is 0 Å². The summed E-state index contributed by atoms with van der Waals surface area (Å²) in [6, 6.07) is 6.24. The van der Waals surface area contributed by atoms with Crippen LogP contribution in [0, 0.1) is 0 Å². The van der Waals surface area contributed by atoms with Crippen LogP contribution in [0.3, 0.4) is 0 Å². The number of nitrogens with one attached hydrogen (secondary N) is 1. The van der Waals surface area contributed by atoms with Crippen molar-refractivity contribution >= 4 is 23.1 Å². The zero-order chi connectivity index (χ0) is 19.5. The first-order valence-electron chi connectivity index (χ1n) is 9.52. The molecule has 4 rings (SSSR count). The molecule has 1 fully saturated rings. The van der Waals surface area contributed by atoms with E-state index >= 15 is 0 Å². The molecular formula is C21H24N6O. The molecule has 1 aliphatic heterocycles. The van der Waals surface area contributed by atoms with Crippen LogP contribution in [-0.4, -0.2) is 57.5 Å². The van der Waals surface area contributed by atoms with Crippen LogP contribution in [0.25, 0.3) is 28.6 Å². The first kappa shape index (κ1) is 18.3. The predicted molar refractivity (Wildman–Crippen MR) is 110 cm³/mol. The molecule has 0 unspecified atom stereocenters. The second-order valence-corrected chi connectivity index (χ2v) is 7.16. The monoisotopic (exact) mass is 376 g/mol. The number of hydrogen-bond donors (Lipinski definition) is 1. The number of amides is 1. The molecule has 0 spiro atoms. The summed E-state index contributed by atoms with van der Waals surface area (Å²) in [6.45, 7) is 2.09. The molecule has 28 heavy (non-hydrogen) atoms. The number of piperidine rings is 1. The molecule has 0 radical (unpaired) electrons. The van der Waals surface area contributed by atoms with Gasteiger partial charge >= 0.3 is 0 Å². The summed E-state index contributed by atoms with van der Waals surface area (Å²) in [6.07, 6.45) is 10.9. The quantitative estimate of drug-likeness (QED) is 0.708. The number of likely N-dealkylation sites (tertiary alicyclic amines) is 1. The molecule has 0 aliphatic carbocycles. The Balaban J connectivity index is 1.79. The van der Waals surface area contributed by atoms with Crippen molar-refractivity contribution < 1.29 is 4.79 Å². The zero-order valence-corrected chi connectivity index (χ0v) is 16.2. The number of aromatic nitrogens is 4. The van der Waals surface area contributed by atoms with E-state index in [-0.39, 0.29) is 5.91 Å². The molecule has 4 heterocycles. The van der Waals surface area contributed by atoms with E-state index in [1.807, 2.05) is 30.6 Å². The highest BCUT2D eigenvalue weighted by atomic mass is 16.1. The van der Waals surface area contributed by atoms with Gasteiger partial charge in [0.05, 0.1) is 0 Å². The van der Waals surface area contributed by atoms with Gasteiger partial charge in [-0.05, 0) is 56.3 Å². The Kier molecular flexibility index (Phi) is 5.16. The van der Waals surface area contributed by atoms with Crippen molar-refractivity contribution in [3.63, 3.8) is 0 Å². The maximum atomic E-state index is 11.5. The molecule has 1 saturated heterocycles. The van der Waals surface area contributed by atoms with Crippen LogP contribution < -0.4 is 5.32 Å². The number of carbonyl (C=O) groups excluding carboxylic acids is 1. The van der Waals surface area contributed by atoms with Gasteiger partial charge in [0.1, 0.15) is 11.3 Å². The third-order valence-electron chi connectivity index (χ3n) is 5.10. The Hall–Kier alpha value is -3.06. The lowest BCUT2D eigenvalue weighted by molar-refractivity contribution is -0.115. The molecule has 1 aliphatic rings. The highest BCUT2D eigenvalue weighted by Crippen LogP contribution is 2.31. The van der Waals surface area contributed by atoms with Crippen LogP contribution in [0.15, 0.2) is 42.9 Å². The molecule has 0 saturated carbocycles. The van der Waals surface area contributed by atoms with Crippen molar-refractivity contribution in [1.29, 1.82) is 0 Å². The Morgan fingerprint density at radius 3 is 3.07 bits per heavy atom. The first-order valence-corrected chi connectivity index (χ1v) is 9.52. The SMILES string of the molecule is CNC(=O)/C=C/c1cncc(-c2nc3cccnc3n2[C@@H]2CCCN(C)C2)c1. The smallest absolute Gasteiger partial charge is 0.243 e. The van der Waals surface area contributed by atoms with Gasteiger partial charge in [-0.25, -0.2) is 9.97 Å². The Morgan fingerprint density at radius 2 is 2.25 bits per heavy atom. The van der Waals surface area contributed by atoms with Crippen LogP contribution in [0.1, 0.15) is 24.4 Å². The van der Waals surface area contributed by atoms with Crippen LogP contribution >= 0.6 is 0 Å². The van der Waals surface area contributed by atoms with Gasteiger partial charge in [0, 0.05) is 49.9 Å². The normalized spacial score (nSPS) is 18.0. The predicted octanol–water partition coefficient (Wildman–Crippen LogP) is 2.52. The van der Waals surface area contributed by atoms with E-state index in [9.17, 15) is 4.79 Å². The Morgan fingerprint density at radius 1 is 1.36 bits per heavy atom. The van der Waals surface area contributed by atoms with E-state index in [1.54, 1.807) is 19.3 Å². The van der Waals surface area contributed by atoms with E-state index in [4.69, 9.17) is 4.98 Å². The number of hydrogen-bond acceptors (Lipinski definition) is 5. The maximum absolute atomic E-state index is 11.5. The average molecular weight is 376 g/mol. The maximum Gasteiger partial charge on any atom is 0.243 e. The van der Waals surface area contributed by atoms with Crippen LogP contribution in [-0.2, 0) is 4.79 Å². The van der Waals surface area contributed by atoms with E-state index in [2.05, 4.69) is 31.8 Å². The highest BCUT2D eigenvalue weighted by molar-refractivity contribution is 5.91. The van der Waals surface area contributed by atoms with Crippen molar-refractivity contribution in [2.24, 2.45) is 0 Å². The molecule has 3 aromatic heterocycles. The molecule has 3 aromatic rings. The van der Waals surface area contributed by atoms with Crippen molar-refractivity contribution in [1.82, 2.24) is 29.7 Å². The number of pyridine rings is 2. The van der Waals surface area contributed by atoms with Crippen molar-refractivity contribution in [3.05, 3.63) is 48.4 Å². The first-order chi connectivity index (χ1) is 13.7. The fraction of sp³-hybridized carbons (Fsp3) is 0.333. The molecule has 7 heteroatoms. The van der Waals surface area contributed by atoms with Gasteiger partial charge in [-0.3, -0.25) is 9.78 Å². The molecular weight excluding hydrogens is 352 g/mol. The molecule has 1 N–H and O–H groups in total. The second kappa shape index (κ2) is 7.90. The summed E-state index contributed by atoms with van der Waals surface area (Å²) in [4.78, 5) is 27.7. The summed E-state index contributed by atoms with van der Waals surface area (Å²) in [7, 11) is 3.77.